The highest BCUT2D eigenvalue weighted by Crippen LogP contribution is 2.32. The highest BCUT2D eigenvalue weighted by atomic mass is 16.3. The van der Waals surface area contributed by atoms with Crippen LogP contribution in [0.4, 0.5) is 5.82 Å². The second kappa shape index (κ2) is 6.43. The zero-order chi connectivity index (χ0) is 19.1. The van der Waals surface area contributed by atoms with E-state index < -0.39 is 0 Å². The number of aromatic nitrogens is 5. The van der Waals surface area contributed by atoms with Gasteiger partial charge < -0.3 is 15.9 Å². The van der Waals surface area contributed by atoms with Crippen molar-refractivity contribution in [2.24, 2.45) is 5.73 Å². The summed E-state index contributed by atoms with van der Waals surface area (Å²) in [4.78, 5) is 12.8. The van der Waals surface area contributed by atoms with Gasteiger partial charge in [0.05, 0.1) is 11.9 Å². The third-order valence-electron chi connectivity index (χ3n) is 4.75. The fourth-order valence-electron chi connectivity index (χ4n) is 3.30. The molecule has 0 saturated heterocycles. The molecule has 0 atom stereocenters. The van der Waals surface area contributed by atoms with E-state index in [1.165, 1.54) is 12.7 Å². The van der Waals surface area contributed by atoms with Crippen molar-refractivity contribution in [2.45, 2.75) is 13.1 Å². The molecule has 5 rings (SSSR count). The van der Waals surface area contributed by atoms with Crippen molar-refractivity contribution in [1.29, 1.82) is 0 Å². The summed E-state index contributed by atoms with van der Waals surface area (Å²) in [6, 6.07) is 13.8. The molecule has 0 spiro atoms. The minimum Gasteiger partial charge on any atom is -0.443 e. The lowest BCUT2D eigenvalue weighted by molar-refractivity contribution is 0.602. The molecule has 0 aliphatic carbocycles. The molecular weight excluding hydrogens is 354 g/mol. The molecule has 0 bridgehead atoms. The van der Waals surface area contributed by atoms with Crippen molar-refractivity contribution in [3.05, 3.63) is 66.3 Å². The van der Waals surface area contributed by atoms with E-state index in [0.29, 0.717) is 24.6 Å². The molecule has 0 unspecified atom stereocenters. The van der Waals surface area contributed by atoms with E-state index in [2.05, 4.69) is 15.0 Å². The lowest BCUT2D eigenvalue weighted by Gasteiger charge is -2.04. The minimum absolute atomic E-state index is 0.393. The smallest absolute Gasteiger partial charge is 0.181 e. The van der Waals surface area contributed by atoms with Gasteiger partial charge in [0, 0.05) is 12.1 Å². The van der Waals surface area contributed by atoms with Crippen LogP contribution in [0.25, 0.3) is 33.4 Å². The van der Waals surface area contributed by atoms with Gasteiger partial charge in [-0.2, -0.15) is 5.10 Å². The van der Waals surface area contributed by atoms with Crippen LogP contribution in [0, 0.1) is 0 Å². The molecule has 0 fully saturated rings. The molecule has 0 amide bonds. The maximum Gasteiger partial charge on any atom is 0.181 e. The van der Waals surface area contributed by atoms with Gasteiger partial charge in [-0.05, 0) is 29.3 Å². The van der Waals surface area contributed by atoms with Gasteiger partial charge in [-0.15, -0.1) is 0 Å². The minimum atomic E-state index is 0.393. The van der Waals surface area contributed by atoms with Crippen molar-refractivity contribution in [3.8, 4) is 11.3 Å². The van der Waals surface area contributed by atoms with Gasteiger partial charge in [0.1, 0.15) is 23.4 Å². The third-order valence-corrected chi connectivity index (χ3v) is 4.75. The Morgan fingerprint density at radius 2 is 1.79 bits per heavy atom. The molecular formula is C20H17N7O. The summed E-state index contributed by atoms with van der Waals surface area (Å²) in [5.74, 6) is 0.393. The molecule has 8 heteroatoms. The van der Waals surface area contributed by atoms with Crippen molar-refractivity contribution >= 4 is 28.0 Å². The van der Waals surface area contributed by atoms with Gasteiger partial charge in [0.2, 0.25) is 0 Å². The van der Waals surface area contributed by atoms with Crippen LogP contribution in [0.1, 0.15) is 11.1 Å². The first-order chi connectivity index (χ1) is 13.7. The van der Waals surface area contributed by atoms with Gasteiger partial charge in [0.15, 0.2) is 17.6 Å². The fraction of sp³-hybridized carbons (Fsp3) is 0.100. The van der Waals surface area contributed by atoms with E-state index in [1.54, 1.807) is 0 Å². The first-order valence-electron chi connectivity index (χ1n) is 8.81. The molecule has 4 N–H and O–H groups in total. The monoisotopic (exact) mass is 371 g/mol. The van der Waals surface area contributed by atoms with Crippen LogP contribution in [-0.4, -0.2) is 24.7 Å². The number of hydrogen-bond donors (Lipinski definition) is 2. The van der Waals surface area contributed by atoms with E-state index in [0.717, 1.165) is 38.9 Å². The van der Waals surface area contributed by atoms with Gasteiger partial charge in [-0.25, -0.2) is 19.6 Å². The number of nitrogens with zero attached hydrogens (tertiary/aromatic N) is 5. The Labute approximate surface area is 159 Å². The fourth-order valence-corrected chi connectivity index (χ4v) is 3.30. The number of rotatable bonds is 4. The second-order valence-electron chi connectivity index (χ2n) is 6.52. The molecule has 3 heterocycles. The van der Waals surface area contributed by atoms with Gasteiger partial charge in [0.25, 0.3) is 0 Å². The standard InChI is InChI=1S/C20H17N7O/c21-8-12-1-3-13(4-2-12)9-27-20-17(19(22)23-10-24-20)18(26-27)14-5-6-16-15(7-14)25-11-28-16/h1-7,10-11H,8-9,21H2,(H2,22,23,24). The maximum atomic E-state index is 6.18. The van der Waals surface area contributed by atoms with E-state index in [-0.39, 0.29) is 0 Å². The maximum absolute atomic E-state index is 6.18. The Balaban J connectivity index is 1.65. The SMILES string of the molecule is NCc1ccc(Cn2nc(-c3ccc4ocnc4c3)c3c(N)ncnc32)cc1. The number of nitrogens with two attached hydrogens (primary N) is 2. The topological polar surface area (TPSA) is 122 Å². The molecule has 3 aromatic heterocycles. The third kappa shape index (κ3) is 2.67. The van der Waals surface area contributed by atoms with Crippen LogP contribution in [-0.2, 0) is 13.1 Å². The largest absolute Gasteiger partial charge is 0.443 e. The molecule has 5 aromatic rings. The normalized spacial score (nSPS) is 11.5. The number of anilines is 1. The second-order valence-corrected chi connectivity index (χ2v) is 6.52. The molecule has 28 heavy (non-hydrogen) atoms. The Morgan fingerprint density at radius 1 is 0.964 bits per heavy atom. The van der Waals surface area contributed by atoms with Crippen LogP contribution in [0.2, 0.25) is 0 Å². The zero-order valence-electron chi connectivity index (χ0n) is 14.9. The average Bonchev–Trinajstić information content (AvgIpc) is 3.33. The molecule has 0 aliphatic rings. The highest BCUT2D eigenvalue weighted by Gasteiger charge is 2.18. The molecule has 0 saturated carbocycles. The molecule has 138 valence electrons. The van der Waals surface area contributed by atoms with Gasteiger partial charge >= 0.3 is 0 Å². The van der Waals surface area contributed by atoms with Crippen molar-refractivity contribution in [2.75, 3.05) is 5.73 Å². The number of nitrogen functional groups attached to an aromatic ring is 1. The Kier molecular flexibility index (Phi) is 3.77. The molecule has 2 aromatic carbocycles. The number of benzene rings is 2. The summed E-state index contributed by atoms with van der Waals surface area (Å²) < 4.78 is 7.17. The highest BCUT2D eigenvalue weighted by molar-refractivity contribution is 5.99. The van der Waals surface area contributed by atoms with E-state index >= 15 is 0 Å². The van der Waals surface area contributed by atoms with E-state index in [1.807, 2.05) is 47.1 Å². The van der Waals surface area contributed by atoms with Gasteiger partial charge in [-0.1, -0.05) is 24.3 Å². The van der Waals surface area contributed by atoms with Crippen LogP contribution >= 0.6 is 0 Å². The number of oxazole rings is 1. The summed E-state index contributed by atoms with van der Waals surface area (Å²) in [5.41, 5.74) is 17.8. The average molecular weight is 371 g/mol. The predicted octanol–water partition coefficient (Wildman–Crippen LogP) is 2.72. The first-order valence-corrected chi connectivity index (χ1v) is 8.81. The first kappa shape index (κ1) is 16.4. The van der Waals surface area contributed by atoms with Crippen LogP contribution in [0.15, 0.2) is 59.6 Å². The number of fused-ring (bicyclic) bond motifs is 2. The van der Waals surface area contributed by atoms with Gasteiger partial charge in [-0.3, -0.25) is 0 Å². The Morgan fingerprint density at radius 3 is 2.61 bits per heavy atom. The number of hydrogen-bond acceptors (Lipinski definition) is 7. The van der Waals surface area contributed by atoms with E-state index in [9.17, 15) is 0 Å². The summed E-state index contributed by atoms with van der Waals surface area (Å²) in [6.07, 6.45) is 2.88. The zero-order valence-corrected chi connectivity index (χ0v) is 14.9. The van der Waals surface area contributed by atoms with Crippen LogP contribution in [0.3, 0.4) is 0 Å². The summed E-state index contributed by atoms with van der Waals surface area (Å²) in [7, 11) is 0. The van der Waals surface area contributed by atoms with E-state index in [4.69, 9.17) is 21.0 Å². The van der Waals surface area contributed by atoms with Crippen molar-refractivity contribution in [3.63, 3.8) is 0 Å². The molecule has 0 aliphatic heterocycles. The molecule has 8 nitrogen and oxygen atoms in total. The lowest BCUT2D eigenvalue weighted by atomic mass is 10.1. The summed E-state index contributed by atoms with van der Waals surface area (Å²) in [5, 5.41) is 5.53. The Hall–Kier alpha value is -3.78. The molecule has 0 radical (unpaired) electrons. The quantitative estimate of drug-likeness (QED) is 0.498. The Bertz CT molecular complexity index is 1290. The van der Waals surface area contributed by atoms with Crippen LogP contribution < -0.4 is 11.5 Å². The predicted molar refractivity (Wildman–Crippen MR) is 106 cm³/mol. The summed E-state index contributed by atoms with van der Waals surface area (Å²) in [6.45, 7) is 1.08. The van der Waals surface area contributed by atoms with Crippen LogP contribution in [0.5, 0.6) is 0 Å². The summed E-state index contributed by atoms with van der Waals surface area (Å²) >= 11 is 0. The lowest BCUT2D eigenvalue weighted by Crippen LogP contribution is -2.04. The van der Waals surface area contributed by atoms with Crippen molar-refractivity contribution < 1.29 is 4.42 Å². The van der Waals surface area contributed by atoms with Crippen molar-refractivity contribution in [1.82, 2.24) is 24.7 Å².